The van der Waals surface area contributed by atoms with Crippen LogP contribution in [0.5, 0.6) is 0 Å². The minimum atomic E-state index is -5.52. The Kier molecular flexibility index (Phi) is 5.73. The molecule has 5 nitrogen and oxygen atoms in total. The van der Waals surface area contributed by atoms with Crippen molar-refractivity contribution in [3.05, 3.63) is 29.8 Å². The van der Waals surface area contributed by atoms with Crippen molar-refractivity contribution in [2.75, 3.05) is 11.9 Å². The number of amides is 1. The van der Waals surface area contributed by atoms with Crippen LogP contribution in [0, 0.1) is 0 Å². The quantitative estimate of drug-likeness (QED) is 0.495. The highest BCUT2D eigenvalue weighted by Crippen LogP contribution is 2.24. The molecule has 1 rings (SSSR count). The SMILES string of the molecule is CC(=O)Nc1ccc(CCCOS(=O)(=O)C(F)(F)F)cc1. The van der Waals surface area contributed by atoms with Gasteiger partial charge in [-0.3, -0.25) is 8.98 Å². The molecule has 0 spiro atoms. The third-order valence-electron chi connectivity index (χ3n) is 2.41. The maximum Gasteiger partial charge on any atom is 0.523 e. The fourth-order valence-electron chi connectivity index (χ4n) is 1.47. The van der Waals surface area contributed by atoms with Crippen molar-refractivity contribution in [2.24, 2.45) is 0 Å². The first kappa shape index (κ1) is 17.4. The maximum atomic E-state index is 12.0. The minimum absolute atomic E-state index is 0.120. The van der Waals surface area contributed by atoms with Crippen molar-refractivity contribution < 1.29 is 30.6 Å². The summed E-state index contributed by atoms with van der Waals surface area (Å²) >= 11 is 0. The van der Waals surface area contributed by atoms with Crippen molar-refractivity contribution in [1.29, 1.82) is 0 Å². The lowest BCUT2D eigenvalue weighted by atomic mass is 10.1. The van der Waals surface area contributed by atoms with Crippen LogP contribution in [0.25, 0.3) is 0 Å². The van der Waals surface area contributed by atoms with Gasteiger partial charge in [0.15, 0.2) is 0 Å². The van der Waals surface area contributed by atoms with E-state index < -0.39 is 22.2 Å². The van der Waals surface area contributed by atoms with Crippen molar-refractivity contribution >= 4 is 21.7 Å². The van der Waals surface area contributed by atoms with Gasteiger partial charge in [0.2, 0.25) is 5.91 Å². The molecule has 118 valence electrons. The van der Waals surface area contributed by atoms with Gasteiger partial charge in [-0.2, -0.15) is 21.6 Å². The van der Waals surface area contributed by atoms with E-state index in [9.17, 15) is 26.4 Å². The summed E-state index contributed by atoms with van der Waals surface area (Å²) in [4.78, 5) is 10.8. The number of aryl methyl sites for hydroxylation is 1. The van der Waals surface area contributed by atoms with E-state index in [0.717, 1.165) is 5.56 Å². The van der Waals surface area contributed by atoms with Crippen molar-refractivity contribution in [3.63, 3.8) is 0 Å². The lowest BCUT2D eigenvalue weighted by molar-refractivity contribution is -0.114. The van der Waals surface area contributed by atoms with E-state index in [1.807, 2.05) is 0 Å². The maximum absolute atomic E-state index is 12.0. The second-order valence-corrected chi connectivity index (χ2v) is 5.81. The number of anilines is 1. The number of alkyl halides is 3. The molecule has 0 aliphatic heterocycles. The molecular weight excluding hydrogens is 311 g/mol. The van der Waals surface area contributed by atoms with E-state index >= 15 is 0 Å². The van der Waals surface area contributed by atoms with Crippen molar-refractivity contribution in [1.82, 2.24) is 0 Å². The Bertz CT molecular complexity index is 582. The van der Waals surface area contributed by atoms with Crippen LogP contribution in [0.4, 0.5) is 18.9 Å². The van der Waals surface area contributed by atoms with Gasteiger partial charge in [0.25, 0.3) is 0 Å². The molecule has 1 aromatic rings. The third kappa shape index (κ3) is 5.72. The molecule has 1 amide bonds. The highest BCUT2D eigenvalue weighted by molar-refractivity contribution is 7.87. The van der Waals surface area contributed by atoms with Crippen LogP contribution in [-0.4, -0.2) is 26.4 Å². The topological polar surface area (TPSA) is 72.5 Å². The summed E-state index contributed by atoms with van der Waals surface area (Å²) in [5.74, 6) is -0.214. The summed E-state index contributed by atoms with van der Waals surface area (Å²) < 4.78 is 61.1. The van der Waals surface area contributed by atoms with Gasteiger partial charge in [0.05, 0.1) is 6.61 Å². The smallest absolute Gasteiger partial charge is 0.326 e. The normalized spacial score (nSPS) is 12.2. The first-order valence-corrected chi connectivity index (χ1v) is 7.35. The van der Waals surface area contributed by atoms with Crippen molar-refractivity contribution in [3.8, 4) is 0 Å². The lowest BCUT2D eigenvalue weighted by Crippen LogP contribution is -2.25. The molecule has 9 heteroatoms. The number of benzene rings is 1. The molecule has 0 saturated heterocycles. The molecule has 0 radical (unpaired) electrons. The number of halogens is 3. The zero-order valence-electron chi connectivity index (χ0n) is 11.1. The van der Waals surface area contributed by atoms with Gasteiger partial charge in [0, 0.05) is 12.6 Å². The monoisotopic (exact) mass is 325 g/mol. The van der Waals surface area contributed by atoms with Crippen LogP contribution < -0.4 is 5.32 Å². The van der Waals surface area contributed by atoms with Crippen LogP contribution in [-0.2, 0) is 25.5 Å². The van der Waals surface area contributed by atoms with E-state index in [2.05, 4.69) is 9.50 Å². The summed E-state index contributed by atoms with van der Waals surface area (Å²) in [5.41, 5.74) is -4.01. The van der Waals surface area contributed by atoms with E-state index in [0.29, 0.717) is 12.1 Å². The number of rotatable bonds is 6. The van der Waals surface area contributed by atoms with Crippen LogP contribution in [0.15, 0.2) is 24.3 Å². The van der Waals surface area contributed by atoms with Crippen molar-refractivity contribution in [2.45, 2.75) is 25.3 Å². The van der Waals surface area contributed by atoms with Crippen LogP contribution in [0.2, 0.25) is 0 Å². The molecule has 0 saturated carbocycles. The molecule has 21 heavy (non-hydrogen) atoms. The van der Waals surface area contributed by atoms with E-state index in [4.69, 9.17) is 0 Å². The average Bonchev–Trinajstić information content (AvgIpc) is 2.34. The predicted molar refractivity (Wildman–Crippen MR) is 70.0 cm³/mol. The Labute approximate surface area is 120 Å². The zero-order chi connectivity index (χ0) is 16.1. The molecule has 1 aromatic carbocycles. The van der Waals surface area contributed by atoms with Gasteiger partial charge in [-0.25, -0.2) is 0 Å². The Hall–Kier alpha value is -1.61. The Morgan fingerprint density at radius 3 is 2.29 bits per heavy atom. The molecule has 0 fully saturated rings. The first-order chi connectivity index (χ1) is 9.62. The molecule has 0 bridgehead atoms. The largest absolute Gasteiger partial charge is 0.523 e. The number of carbonyl (C=O) groups is 1. The predicted octanol–water partition coefficient (Wildman–Crippen LogP) is 2.44. The third-order valence-corrected chi connectivity index (χ3v) is 3.45. The summed E-state index contributed by atoms with van der Waals surface area (Å²) in [6.07, 6.45) is 0.475. The molecule has 0 unspecified atom stereocenters. The summed E-state index contributed by atoms with van der Waals surface area (Å²) in [7, 11) is -5.52. The molecule has 0 aromatic heterocycles. The molecule has 0 atom stereocenters. The van der Waals surface area contributed by atoms with E-state index in [1.54, 1.807) is 24.3 Å². The number of hydrogen-bond donors (Lipinski definition) is 1. The van der Waals surface area contributed by atoms with Gasteiger partial charge in [-0.1, -0.05) is 12.1 Å². The van der Waals surface area contributed by atoms with Gasteiger partial charge in [-0.05, 0) is 30.5 Å². The van der Waals surface area contributed by atoms with Gasteiger partial charge < -0.3 is 5.32 Å². The van der Waals surface area contributed by atoms with E-state index in [-0.39, 0.29) is 12.3 Å². The molecule has 1 N–H and O–H groups in total. The zero-order valence-corrected chi connectivity index (χ0v) is 11.9. The Morgan fingerprint density at radius 2 is 1.81 bits per heavy atom. The van der Waals surface area contributed by atoms with Gasteiger partial charge >= 0.3 is 15.6 Å². The second kappa shape index (κ2) is 6.90. The Morgan fingerprint density at radius 1 is 1.24 bits per heavy atom. The number of carbonyl (C=O) groups excluding carboxylic acids is 1. The number of hydrogen-bond acceptors (Lipinski definition) is 4. The van der Waals surface area contributed by atoms with Crippen LogP contribution in [0.1, 0.15) is 18.9 Å². The van der Waals surface area contributed by atoms with Crippen LogP contribution in [0.3, 0.4) is 0 Å². The fourth-order valence-corrected chi connectivity index (χ4v) is 1.94. The standard InChI is InChI=1S/C12H14F3NO4S/c1-9(17)16-11-6-4-10(5-7-11)3-2-8-20-21(18,19)12(13,14)15/h4-7H,2-3,8H2,1H3,(H,16,17). The first-order valence-electron chi connectivity index (χ1n) is 5.94. The van der Waals surface area contributed by atoms with Crippen LogP contribution >= 0.6 is 0 Å². The van der Waals surface area contributed by atoms with E-state index in [1.165, 1.54) is 6.92 Å². The molecule has 0 aliphatic rings. The molecule has 0 heterocycles. The minimum Gasteiger partial charge on any atom is -0.326 e. The fraction of sp³-hybridized carbons (Fsp3) is 0.417. The number of nitrogens with one attached hydrogen (secondary N) is 1. The van der Waals surface area contributed by atoms with Gasteiger partial charge in [0.1, 0.15) is 0 Å². The Balaban J connectivity index is 2.42. The highest BCUT2D eigenvalue weighted by atomic mass is 32.2. The van der Waals surface area contributed by atoms with Gasteiger partial charge in [-0.15, -0.1) is 0 Å². The molecular formula is C12H14F3NO4S. The second-order valence-electron chi connectivity index (χ2n) is 4.20. The molecule has 0 aliphatic carbocycles. The summed E-state index contributed by atoms with van der Waals surface area (Å²) in [6.45, 7) is 0.821. The average molecular weight is 325 g/mol. The lowest BCUT2D eigenvalue weighted by Gasteiger charge is -2.08. The summed E-state index contributed by atoms with van der Waals surface area (Å²) in [5, 5.41) is 2.57. The highest BCUT2D eigenvalue weighted by Gasteiger charge is 2.47. The summed E-state index contributed by atoms with van der Waals surface area (Å²) in [6, 6.07) is 6.65.